The highest BCUT2D eigenvalue weighted by Gasteiger charge is 2.62. The maximum atomic E-state index is 13.1. The lowest BCUT2D eigenvalue weighted by Crippen LogP contribution is -2.62. The van der Waals surface area contributed by atoms with Gasteiger partial charge in [-0.2, -0.15) is 13.2 Å². The average Bonchev–Trinajstić information content (AvgIpc) is 2.74. The predicted octanol–water partition coefficient (Wildman–Crippen LogP) is 6.40. The van der Waals surface area contributed by atoms with Crippen LogP contribution >= 0.6 is 12.2 Å². The lowest BCUT2D eigenvalue weighted by atomic mass is 9.41. The third-order valence-corrected chi connectivity index (χ3v) is 9.87. The summed E-state index contributed by atoms with van der Waals surface area (Å²) < 4.78 is 39.2. The van der Waals surface area contributed by atoms with E-state index < -0.39 is 12.6 Å². The van der Waals surface area contributed by atoms with Crippen LogP contribution in [0.2, 0.25) is 0 Å². The maximum absolute atomic E-state index is 13.1. The monoisotopic (exact) mass is 476 g/mol. The van der Waals surface area contributed by atoms with E-state index in [2.05, 4.69) is 43.0 Å². The number of rotatable bonds is 3. The summed E-state index contributed by atoms with van der Waals surface area (Å²) in [5, 5.41) is 0. The SMILES string of the molecule is CC1(C)CN(C(=S)C23CC4CC(c5ccccc5)(CC(C2)C4=CCC(F)(F)F)C3)CC[C@@H]1N. The van der Waals surface area contributed by atoms with Gasteiger partial charge in [-0.1, -0.05) is 68.0 Å². The smallest absolute Gasteiger partial charge is 0.365 e. The van der Waals surface area contributed by atoms with Crippen LogP contribution in [0.15, 0.2) is 42.0 Å². The van der Waals surface area contributed by atoms with Crippen LogP contribution in [0.1, 0.15) is 64.4 Å². The third kappa shape index (κ3) is 4.05. The molecule has 2 nitrogen and oxygen atoms in total. The van der Waals surface area contributed by atoms with Gasteiger partial charge in [0.2, 0.25) is 0 Å². The first-order chi connectivity index (χ1) is 15.4. The number of halogens is 3. The Labute approximate surface area is 200 Å². The zero-order chi connectivity index (χ0) is 23.6. The molecule has 2 N–H and O–H groups in total. The molecule has 4 bridgehead atoms. The molecule has 33 heavy (non-hydrogen) atoms. The second-order valence-corrected chi connectivity index (χ2v) is 12.3. The Bertz CT molecular complexity index is 934. The van der Waals surface area contributed by atoms with Crippen LogP contribution in [-0.2, 0) is 5.41 Å². The van der Waals surface area contributed by atoms with Crippen molar-refractivity contribution >= 4 is 17.2 Å². The number of nitrogens with two attached hydrogens (primary N) is 1. The van der Waals surface area contributed by atoms with Crippen molar-refractivity contribution < 1.29 is 13.2 Å². The van der Waals surface area contributed by atoms with E-state index in [4.69, 9.17) is 18.0 Å². The van der Waals surface area contributed by atoms with Gasteiger partial charge >= 0.3 is 6.18 Å². The van der Waals surface area contributed by atoms with Crippen molar-refractivity contribution in [1.82, 2.24) is 4.90 Å². The lowest BCUT2D eigenvalue weighted by molar-refractivity contribution is -0.125. The molecule has 0 radical (unpaired) electrons. The number of hydrogen-bond acceptors (Lipinski definition) is 2. The van der Waals surface area contributed by atoms with E-state index in [0.717, 1.165) is 62.2 Å². The van der Waals surface area contributed by atoms with Gasteiger partial charge in [-0.05, 0) is 66.8 Å². The van der Waals surface area contributed by atoms with Gasteiger partial charge in [0.15, 0.2) is 0 Å². The van der Waals surface area contributed by atoms with E-state index >= 15 is 0 Å². The van der Waals surface area contributed by atoms with Crippen molar-refractivity contribution in [1.29, 1.82) is 0 Å². The third-order valence-electron chi connectivity index (χ3n) is 9.18. The first kappa shape index (κ1) is 23.3. The molecule has 0 amide bonds. The first-order valence-corrected chi connectivity index (χ1v) is 12.7. The minimum absolute atomic E-state index is 0.000502. The van der Waals surface area contributed by atoms with Crippen molar-refractivity contribution in [2.24, 2.45) is 28.4 Å². The van der Waals surface area contributed by atoms with Gasteiger partial charge in [0.1, 0.15) is 0 Å². The molecule has 1 aromatic rings. The summed E-state index contributed by atoms with van der Waals surface area (Å²) in [6.45, 7) is 6.18. The number of piperidine rings is 1. The summed E-state index contributed by atoms with van der Waals surface area (Å²) in [5.74, 6) is 0.374. The first-order valence-electron chi connectivity index (χ1n) is 12.3. The average molecular weight is 477 g/mol. The molecule has 3 atom stereocenters. The van der Waals surface area contributed by atoms with Crippen molar-refractivity contribution in [2.45, 2.75) is 76.4 Å². The Morgan fingerprint density at radius 2 is 1.76 bits per heavy atom. The molecule has 4 saturated carbocycles. The van der Waals surface area contributed by atoms with Gasteiger partial charge in [-0.3, -0.25) is 0 Å². The van der Waals surface area contributed by atoms with Gasteiger partial charge in [-0.25, -0.2) is 0 Å². The molecule has 1 heterocycles. The molecule has 5 fully saturated rings. The molecule has 1 saturated heterocycles. The highest BCUT2D eigenvalue weighted by Crippen LogP contribution is 2.68. The quantitative estimate of drug-likeness (QED) is 0.404. The second-order valence-electron chi connectivity index (χ2n) is 11.9. The molecular formula is C27H35F3N2S. The van der Waals surface area contributed by atoms with Crippen LogP contribution in [0, 0.1) is 22.7 Å². The summed E-state index contributed by atoms with van der Waals surface area (Å²) >= 11 is 6.25. The maximum Gasteiger partial charge on any atom is 0.392 e. The summed E-state index contributed by atoms with van der Waals surface area (Å²) in [6, 6.07) is 10.8. The fourth-order valence-electron chi connectivity index (χ4n) is 7.77. The molecule has 6 rings (SSSR count). The largest absolute Gasteiger partial charge is 0.392 e. The van der Waals surface area contributed by atoms with Crippen LogP contribution in [0.4, 0.5) is 13.2 Å². The molecule has 4 aliphatic carbocycles. The van der Waals surface area contributed by atoms with Crippen LogP contribution in [0.25, 0.3) is 0 Å². The molecule has 2 unspecified atom stereocenters. The Balaban J connectivity index is 1.50. The fraction of sp³-hybridized carbons (Fsp3) is 0.667. The minimum Gasteiger partial charge on any atom is -0.365 e. The second kappa shape index (κ2) is 7.81. The van der Waals surface area contributed by atoms with E-state index in [1.165, 1.54) is 11.6 Å². The van der Waals surface area contributed by atoms with E-state index in [0.29, 0.717) is 0 Å². The Hall–Kier alpha value is -1.40. The topological polar surface area (TPSA) is 29.3 Å². The van der Waals surface area contributed by atoms with E-state index in [1.807, 2.05) is 6.07 Å². The van der Waals surface area contributed by atoms with E-state index in [9.17, 15) is 13.2 Å². The standard InChI is InChI=1S/C27H35F3N2S/c1-24(2)17-32(11-9-22(24)31)23(33)26-14-18-12-25(16-26,20-6-4-3-5-7-20)13-19(15-26)21(18)8-10-27(28,29)30/h3-8,18-19,22H,9-17,31H2,1-2H3/t18?,19?,22-,25?,26?/m0/s1. The lowest BCUT2D eigenvalue weighted by Gasteiger charge is -2.64. The van der Waals surface area contributed by atoms with Crippen molar-refractivity contribution in [3.05, 3.63) is 47.5 Å². The molecule has 5 aliphatic rings. The number of hydrogen-bond donors (Lipinski definition) is 1. The van der Waals surface area contributed by atoms with E-state index in [-0.39, 0.29) is 34.1 Å². The number of alkyl halides is 3. The van der Waals surface area contributed by atoms with Crippen LogP contribution in [0.3, 0.4) is 0 Å². The van der Waals surface area contributed by atoms with E-state index in [1.54, 1.807) is 0 Å². The zero-order valence-corrected chi connectivity index (χ0v) is 20.4. The molecule has 1 aromatic carbocycles. The van der Waals surface area contributed by atoms with Gasteiger partial charge in [0.05, 0.1) is 11.4 Å². The van der Waals surface area contributed by atoms with Gasteiger partial charge in [-0.15, -0.1) is 0 Å². The number of likely N-dealkylation sites (tertiary alicyclic amines) is 1. The molecule has 180 valence electrons. The Kier molecular flexibility index (Phi) is 5.52. The molecule has 6 heteroatoms. The number of benzene rings is 1. The molecule has 0 aromatic heterocycles. The Morgan fingerprint density at radius 3 is 2.33 bits per heavy atom. The molecular weight excluding hydrogens is 441 g/mol. The van der Waals surface area contributed by atoms with Crippen molar-refractivity contribution in [3.8, 4) is 0 Å². The number of allylic oxidation sites excluding steroid dienone is 2. The zero-order valence-electron chi connectivity index (χ0n) is 19.6. The highest BCUT2D eigenvalue weighted by molar-refractivity contribution is 7.80. The molecule has 1 aliphatic heterocycles. The summed E-state index contributed by atoms with van der Waals surface area (Å²) in [7, 11) is 0. The van der Waals surface area contributed by atoms with Gasteiger partial charge in [0, 0.05) is 24.5 Å². The fourth-order valence-corrected chi connectivity index (χ4v) is 8.16. The summed E-state index contributed by atoms with van der Waals surface area (Å²) in [4.78, 5) is 3.44. The normalized spacial score (nSPS) is 37.3. The van der Waals surface area contributed by atoms with Crippen LogP contribution in [-0.4, -0.2) is 35.2 Å². The molecule has 0 spiro atoms. The Morgan fingerprint density at radius 1 is 1.12 bits per heavy atom. The number of thiocarbonyl (C=S) groups is 1. The van der Waals surface area contributed by atoms with Gasteiger partial charge < -0.3 is 10.6 Å². The predicted molar refractivity (Wildman–Crippen MR) is 130 cm³/mol. The highest BCUT2D eigenvalue weighted by atomic mass is 32.1. The van der Waals surface area contributed by atoms with Crippen LogP contribution in [0.5, 0.6) is 0 Å². The summed E-state index contributed by atoms with van der Waals surface area (Å²) in [5.41, 5.74) is 8.69. The number of nitrogens with zero attached hydrogens (tertiary/aromatic N) is 1. The summed E-state index contributed by atoms with van der Waals surface area (Å²) in [6.07, 6.45) is 2.17. The van der Waals surface area contributed by atoms with Crippen molar-refractivity contribution in [2.75, 3.05) is 13.1 Å². The van der Waals surface area contributed by atoms with Gasteiger partial charge in [0.25, 0.3) is 0 Å². The minimum atomic E-state index is -4.15. The van der Waals surface area contributed by atoms with Crippen molar-refractivity contribution in [3.63, 3.8) is 0 Å². The van der Waals surface area contributed by atoms with Crippen LogP contribution < -0.4 is 5.73 Å².